The van der Waals surface area contributed by atoms with Gasteiger partial charge in [-0.3, -0.25) is 4.90 Å². The van der Waals surface area contributed by atoms with Crippen molar-refractivity contribution in [1.82, 2.24) is 4.90 Å². The molecule has 1 aromatic heterocycles. The van der Waals surface area contributed by atoms with E-state index in [4.69, 9.17) is 29.1 Å². The summed E-state index contributed by atoms with van der Waals surface area (Å²) >= 11 is 0. The molecule has 4 rings (SSSR count). The Morgan fingerprint density at radius 3 is 2.82 bits per heavy atom. The molecule has 0 amide bonds. The molecular formula is C19H28N2O7. The second-order valence-corrected chi connectivity index (χ2v) is 8.19. The SMILES string of the molecule is CC1(C)OC2[C@H](O)C(OC(=O)c3ccco3)CO[C@@]2(CN2CCC(N)CC2)O1. The van der Waals surface area contributed by atoms with Gasteiger partial charge in [0, 0.05) is 6.04 Å². The average molecular weight is 396 g/mol. The highest BCUT2D eigenvalue weighted by molar-refractivity contribution is 5.86. The van der Waals surface area contributed by atoms with Crippen molar-refractivity contribution in [1.29, 1.82) is 0 Å². The summed E-state index contributed by atoms with van der Waals surface area (Å²) in [6.07, 6.45) is 0.412. The van der Waals surface area contributed by atoms with Gasteiger partial charge in [-0.2, -0.15) is 0 Å². The second-order valence-electron chi connectivity index (χ2n) is 8.19. The summed E-state index contributed by atoms with van der Waals surface area (Å²) in [6, 6.07) is 3.31. The third-order valence-electron chi connectivity index (χ3n) is 5.50. The van der Waals surface area contributed by atoms with Gasteiger partial charge in [-0.1, -0.05) is 0 Å². The standard InChI is InChI=1S/C19H28N2O7/c1-18(2)27-16-15(22)14(26-17(23)13-4-3-9-24-13)10-25-19(16,28-18)11-21-7-5-12(20)6-8-21/h3-4,9,12,14-16,22H,5-8,10-11,20H2,1-2H3/t14?,15-,16?,19+/m1/s1. The third kappa shape index (κ3) is 3.83. The molecule has 0 bridgehead atoms. The van der Waals surface area contributed by atoms with Crippen LogP contribution in [0.4, 0.5) is 0 Å². The fourth-order valence-electron chi connectivity index (χ4n) is 4.14. The molecule has 156 valence electrons. The van der Waals surface area contributed by atoms with Crippen LogP contribution in [-0.2, 0) is 18.9 Å². The summed E-state index contributed by atoms with van der Waals surface area (Å²) in [7, 11) is 0. The Hall–Kier alpha value is -1.49. The number of nitrogens with two attached hydrogens (primary N) is 1. The monoisotopic (exact) mass is 396 g/mol. The molecule has 2 unspecified atom stereocenters. The molecule has 3 saturated heterocycles. The fourth-order valence-corrected chi connectivity index (χ4v) is 4.14. The summed E-state index contributed by atoms with van der Waals surface area (Å²) in [5.74, 6) is -2.65. The molecule has 3 aliphatic heterocycles. The number of ether oxygens (including phenoxy) is 4. The van der Waals surface area contributed by atoms with Crippen LogP contribution in [0.1, 0.15) is 37.2 Å². The number of hydrogen-bond donors (Lipinski definition) is 2. The van der Waals surface area contributed by atoms with E-state index in [1.54, 1.807) is 19.9 Å². The Kier molecular flexibility index (Phi) is 5.24. The first-order valence-electron chi connectivity index (χ1n) is 9.70. The highest BCUT2D eigenvalue weighted by Gasteiger charge is 2.62. The Bertz CT molecular complexity index is 686. The van der Waals surface area contributed by atoms with Gasteiger partial charge in [-0.25, -0.2) is 4.79 Å². The Labute approximate surface area is 163 Å². The van der Waals surface area contributed by atoms with Crippen LogP contribution >= 0.6 is 0 Å². The third-order valence-corrected chi connectivity index (χ3v) is 5.50. The number of aliphatic hydroxyl groups is 1. The van der Waals surface area contributed by atoms with Gasteiger partial charge in [0.15, 0.2) is 11.9 Å². The molecule has 9 nitrogen and oxygen atoms in total. The maximum atomic E-state index is 12.2. The smallest absolute Gasteiger partial charge is 0.374 e. The number of aliphatic hydroxyl groups excluding tert-OH is 1. The number of nitrogens with zero attached hydrogens (tertiary/aromatic N) is 1. The minimum Gasteiger partial charge on any atom is -0.457 e. The average Bonchev–Trinajstić information content (AvgIpc) is 3.26. The van der Waals surface area contributed by atoms with Crippen molar-refractivity contribution in [2.24, 2.45) is 5.73 Å². The molecule has 3 N–H and O–H groups in total. The fraction of sp³-hybridized carbons (Fsp3) is 0.737. The normalized spacial score (nSPS) is 36.2. The van der Waals surface area contributed by atoms with Crippen molar-refractivity contribution in [2.45, 2.75) is 62.6 Å². The molecule has 1 aromatic rings. The molecule has 0 radical (unpaired) electrons. The van der Waals surface area contributed by atoms with Crippen molar-refractivity contribution in [3.63, 3.8) is 0 Å². The first-order chi connectivity index (χ1) is 13.3. The van der Waals surface area contributed by atoms with Crippen LogP contribution in [0, 0.1) is 0 Å². The van der Waals surface area contributed by atoms with Gasteiger partial charge >= 0.3 is 5.97 Å². The minimum atomic E-state index is -1.13. The van der Waals surface area contributed by atoms with Crippen LogP contribution in [0.2, 0.25) is 0 Å². The highest BCUT2D eigenvalue weighted by atomic mass is 16.8. The molecule has 4 heterocycles. The summed E-state index contributed by atoms with van der Waals surface area (Å²) in [5, 5.41) is 10.9. The van der Waals surface area contributed by atoms with Crippen molar-refractivity contribution < 1.29 is 33.3 Å². The topological polar surface area (TPSA) is 117 Å². The summed E-state index contributed by atoms with van der Waals surface area (Å²) in [6.45, 7) is 5.66. The largest absolute Gasteiger partial charge is 0.457 e. The van der Waals surface area contributed by atoms with Crippen molar-refractivity contribution in [2.75, 3.05) is 26.2 Å². The number of hydrogen-bond acceptors (Lipinski definition) is 9. The van der Waals surface area contributed by atoms with Crippen molar-refractivity contribution in [3.8, 4) is 0 Å². The number of fused-ring (bicyclic) bond motifs is 1. The van der Waals surface area contributed by atoms with Gasteiger partial charge in [0.05, 0.1) is 19.4 Å². The molecule has 3 fully saturated rings. The Morgan fingerprint density at radius 2 is 2.14 bits per heavy atom. The molecule has 9 heteroatoms. The summed E-state index contributed by atoms with van der Waals surface area (Å²) in [5.41, 5.74) is 6.00. The zero-order valence-electron chi connectivity index (χ0n) is 16.2. The highest BCUT2D eigenvalue weighted by Crippen LogP contribution is 2.43. The lowest BCUT2D eigenvalue weighted by Crippen LogP contribution is -2.64. The van der Waals surface area contributed by atoms with Gasteiger partial charge in [-0.15, -0.1) is 0 Å². The lowest BCUT2D eigenvalue weighted by atomic mass is 9.95. The van der Waals surface area contributed by atoms with Gasteiger partial charge in [0.1, 0.15) is 12.2 Å². The molecule has 28 heavy (non-hydrogen) atoms. The maximum Gasteiger partial charge on any atom is 0.374 e. The molecular weight excluding hydrogens is 368 g/mol. The Balaban J connectivity index is 1.48. The number of likely N-dealkylation sites (tertiary alicyclic amines) is 1. The van der Waals surface area contributed by atoms with E-state index in [2.05, 4.69) is 4.90 Å². The van der Waals surface area contributed by atoms with Crippen LogP contribution in [-0.4, -0.2) is 78.1 Å². The van der Waals surface area contributed by atoms with Crippen LogP contribution in [0.15, 0.2) is 22.8 Å². The second kappa shape index (κ2) is 7.40. The molecule has 0 aromatic carbocycles. The van der Waals surface area contributed by atoms with E-state index in [1.807, 2.05) is 0 Å². The number of carbonyl (C=O) groups is 1. The maximum absolute atomic E-state index is 12.2. The lowest BCUT2D eigenvalue weighted by molar-refractivity contribution is -0.297. The van der Waals surface area contributed by atoms with Gasteiger partial charge in [-0.05, 0) is 51.9 Å². The zero-order valence-corrected chi connectivity index (χ0v) is 16.2. The summed E-state index contributed by atoms with van der Waals surface area (Å²) < 4.78 is 28.6. The first kappa shape index (κ1) is 19.8. The first-order valence-corrected chi connectivity index (χ1v) is 9.70. The number of furan rings is 1. The number of carbonyl (C=O) groups excluding carboxylic acids is 1. The molecule has 3 aliphatic rings. The Morgan fingerprint density at radius 1 is 1.39 bits per heavy atom. The van der Waals surface area contributed by atoms with Crippen molar-refractivity contribution >= 4 is 5.97 Å². The van der Waals surface area contributed by atoms with E-state index < -0.39 is 35.9 Å². The van der Waals surface area contributed by atoms with Crippen LogP contribution < -0.4 is 5.73 Å². The number of piperidine rings is 1. The van der Waals surface area contributed by atoms with E-state index in [1.165, 1.54) is 12.3 Å². The van der Waals surface area contributed by atoms with E-state index in [0.29, 0.717) is 6.54 Å². The molecule has 0 aliphatic carbocycles. The minimum absolute atomic E-state index is 0.00307. The molecule has 0 spiro atoms. The molecule has 4 atom stereocenters. The predicted octanol–water partition coefficient (Wildman–Crippen LogP) is 0.467. The van der Waals surface area contributed by atoms with Gasteiger partial charge in [0.25, 0.3) is 0 Å². The van der Waals surface area contributed by atoms with Crippen molar-refractivity contribution in [3.05, 3.63) is 24.2 Å². The van der Waals surface area contributed by atoms with E-state index in [9.17, 15) is 9.90 Å². The van der Waals surface area contributed by atoms with E-state index in [-0.39, 0.29) is 18.4 Å². The van der Waals surface area contributed by atoms with Crippen LogP contribution in [0.5, 0.6) is 0 Å². The van der Waals surface area contributed by atoms with Gasteiger partial charge in [0.2, 0.25) is 11.5 Å². The van der Waals surface area contributed by atoms with Gasteiger partial charge < -0.3 is 34.2 Å². The number of esters is 1. The predicted molar refractivity (Wildman–Crippen MR) is 96.3 cm³/mol. The quantitative estimate of drug-likeness (QED) is 0.700. The summed E-state index contributed by atoms with van der Waals surface area (Å²) in [4.78, 5) is 14.4. The van der Waals surface area contributed by atoms with E-state index >= 15 is 0 Å². The lowest BCUT2D eigenvalue weighted by Gasteiger charge is -2.45. The molecule has 0 saturated carbocycles. The number of rotatable bonds is 4. The zero-order chi connectivity index (χ0) is 19.9. The van der Waals surface area contributed by atoms with Crippen LogP contribution in [0.3, 0.4) is 0 Å². The van der Waals surface area contributed by atoms with E-state index in [0.717, 1.165) is 25.9 Å². The van der Waals surface area contributed by atoms with Crippen LogP contribution in [0.25, 0.3) is 0 Å².